The molecule has 0 radical (unpaired) electrons. The van der Waals surface area contributed by atoms with Crippen LogP contribution >= 0.6 is 0 Å². The minimum absolute atomic E-state index is 0.131. The molecule has 1 atom stereocenters. The minimum Gasteiger partial charge on any atom is -0.310 e. The molecule has 0 aliphatic rings. The Kier molecular flexibility index (Phi) is 5.18. The molecule has 0 spiro atoms. The maximum absolute atomic E-state index is 13.4. The van der Waals surface area contributed by atoms with Crippen molar-refractivity contribution in [2.75, 3.05) is 6.54 Å². The Morgan fingerprint density at radius 3 is 2.80 bits per heavy atom. The van der Waals surface area contributed by atoms with Gasteiger partial charge in [-0.3, -0.25) is 0 Å². The molecular formula is C16H20FN3. The molecule has 0 fully saturated rings. The summed E-state index contributed by atoms with van der Waals surface area (Å²) in [6.07, 6.45) is 5.25. The van der Waals surface area contributed by atoms with Gasteiger partial charge in [-0.2, -0.15) is 10.2 Å². The summed E-state index contributed by atoms with van der Waals surface area (Å²) in [6, 6.07) is 7.03. The Morgan fingerprint density at radius 2 is 2.10 bits per heavy atom. The molecule has 1 N–H and O–H groups in total. The lowest BCUT2D eigenvalue weighted by molar-refractivity contribution is 0.523. The van der Waals surface area contributed by atoms with Gasteiger partial charge in [-0.25, -0.2) is 4.39 Å². The highest BCUT2D eigenvalue weighted by Crippen LogP contribution is 2.20. The van der Waals surface area contributed by atoms with Crippen LogP contribution < -0.4 is 5.32 Å². The quantitative estimate of drug-likeness (QED) is 0.878. The Hall–Kier alpha value is -1.81. The number of rotatable bonds is 6. The molecule has 1 unspecified atom stereocenters. The lowest BCUT2D eigenvalue weighted by Crippen LogP contribution is -2.24. The zero-order chi connectivity index (χ0) is 14.4. The predicted molar refractivity (Wildman–Crippen MR) is 77.9 cm³/mol. The van der Waals surface area contributed by atoms with Gasteiger partial charge in [0.25, 0.3) is 0 Å². The lowest BCUT2D eigenvalue weighted by atomic mass is 9.97. The van der Waals surface area contributed by atoms with E-state index in [0.717, 1.165) is 36.1 Å². The van der Waals surface area contributed by atoms with Gasteiger partial charge in [-0.1, -0.05) is 13.0 Å². The predicted octanol–water partition coefficient (Wildman–Crippen LogP) is 3.21. The summed E-state index contributed by atoms with van der Waals surface area (Å²) in [5.41, 5.74) is 3.21. The summed E-state index contributed by atoms with van der Waals surface area (Å²) in [7, 11) is 0. The van der Waals surface area contributed by atoms with Gasteiger partial charge >= 0.3 is 0 Å². The van der Waals surface area contributed by atoms with E-state index < -0.39 is 0 Å². The molecule has 0 aliphatic heterocycles. The molecule has 4 heteroatoms. The average molecular weight is 273 g/mol. The van der Waals surface area contributed by atoms with Crippen molar-refractivity contribution in [3.05, 3.63) is 59.2 Å². The Morgan fingerprint density at radius 1 is 1.25 bits per heavy atom. The van der Waals surface area contributed by atoms with E-state index in [1.165, 1.54) is 6.07 Å². The molecule has 3 nitrogen and oxygen atoms in total. The van der Waals surface area contributed by atoms with E-state index in [9.17, 15) is 4.39 Å². The van der Waals surface area contributed by atoms with Gasteiger partial charge in [0.05, 0.1) is 6.20 Å². The molecule has 0 saturated carbocycles. The number of halogens is 1. The van der Waals surface area contributed by atoms with E-state index in [4.69, 9.17) is 0 Å². The second-order valence-electron chi connectivity index (χ2n) is 4.96. The molecule has 1 aromatic carbocycles. The van der Waals surface area contributed by atoms with Gasteiger partial charge in [0.2, 0.25) is 0 Å². The number of benzene rings is 1. The number of hydrogen-bond acceptors (Lipinski definition) is 3. The molecule has 106 valence electrons. The number of aromatic nitrogens is 2. The molecule has 0 saturated heterocycles. The molecule has 0 aliphatic carbocycles. The second-order valence-corrected chi connectivity index (χ2v) is 4.96. The van der Waals surface area contributed by atoms with Crippen LogP contribution in [0.15, 0.2) is 36.7 Å². The van der Waals surface area contributed by atoms with Crippen LogP contribution in [0.2, 0.25) is 0 Å². The lowest BCUT2D eigenvalue weighted by Gasteiger charge is -2.19. The van der Waals surface area contributed by atoms with Crippen LogP contribution in [0.4, 0.5) is 4.39 Å². The second kappa shape index (κ2) is 7.10. The fourth-order valence-corrected chi connectivity index (χ4v) is 2.21. The zero-order valence-electron chi connectivity index (χ0n) is 11.9. The van der Waals surface area contributed by atoms with E-state index in [2.05, 4.69) is 22.4 Å². The monoisotopic (exact) mass is 273 g/mol. The molecular weight excluding hydrogens is 253 g/mol. The Bertz CT molecular complexity index is 543. The first-order chi connectivity index (χ1) is 9.70. The zero-order valence-corrected chi connectivity index (χ0v) is 11.9. The van der Waals surface area contributed by atoms with Crippen molar-refractivity contribution < 1.29 is 4.39 Å². The standard InChI is InChI=1S/C16H20FN3/c1-3-7-18-16(13-6-8-19-20-11-13)10-14-9-15(17)5-4-12(14)2/h4-6,8-9,11,16,18H,3,7,10H2,1-2H3. The van der Waals surface area contributed by atoms with Crippen LogP contribution in [0.5, 0.6) is 0 Å². The van der Waals surface area contributed by atoms with Crippen molar-refractivity contribution in [1.82, 2.24) is 15.5 Å². The van der Waals surface area contributed by atoms with Crippen molar-refractivity contribution in [3.63, 3.8) is 0 Å². The fourth-order valence-electron chi connectivity index (χ4n) is 2.21. The number of aryl methyl sites for hydroxylation is 1. The Labute approximate surface area is 119 Å². The third-order valence-electron chi connectivity index (χ3n) is 3.39. The Balaban J connectivity index is 2.21. The van der Waals surface area contributed by atoms with Crippen LogP contribution in [0.3, 0.4) is 0 Å². The first-order valence-electron chi connectivity index (χ1n) is 6.95. The summed E-state index contributed by atoms with van der Waals surface area (Å²) < 4.78 is 13.4. The van der Waals surface area contributed by atoms with Crippen molar-refractivity contribution in [1.29, 1.82) is 0 Å². The van der Waals surface area contributed by atoms with E-state index in [-0.39, 0.29) is 11.9 Å². The summed E-state index contributed by atoms with van der Waals surface area (Å²) in [6.45, 7) is 5.06. The molecule has 0 amide bonds. The van der Waals surface area contributed by atoms with Crippen LogP contribution in [-0.2, 0) is 6.42 Å². The van der Waals surface area contributed by atoms with Gasteiger partial charge < -0.3 is 5.32 Å². The summed E-state index contributed by atoms with van der Waals surface area (Å²) >= 11 is 0. The smallest absolute Gasteiger partial charge is 0.123 e. The summed E-state index contributed by atoms with van der Waals surface area (Å²) in [4.78, 5) is 0. The van der Waals surface area contributed by atoms with Gasteiger partial charge in [-0.15, -0.1) is 0 Å². The van der Waals surface area contributed by atoms with Gasteiger partial charge in [0.1, 0.15) is 5.82 Å². The number of hydrogen-bond donors (Lipinski definition) is 1. The molecule has 2 aromatic rings. The number of nitrogens with one attached hydrogen (secondary N) is 1. The maximum Gasteiger partial charge on any atom is 0.123 e. The van der Waals surface area contributed by atoms with Gasteiger partial charge in [0, 0.05) is 12.2 Å². The van der Waals surface area contributed by atoms with Crippen LogP contribution in [0.25, 0.3) is 0 Å². The molecule has 2 rings (SSSR count). The minimum atomic E-state index is -0.187. The van der Waals surface area contributed by atoms with Gasteiger partial charge in [-0.05, 0) is 61.2 Å². The summed E-state index contributed by atoms with van der Waals surface area (Å²) in [5.74, 6) is -0.187. The first-order valence-corrected chi connectivity index (χ1v) is 6.95. The van der Waals surface area contributed by atoms with Crippen LogP contribution in [0.1, 0.15) is 36.1 Å². The molecule has 0 bridgehead atoms. The van der Waals surface area contributed by atoms with E-state index >= 15 is 0 Å². The van der Waals surface area contributed by atoms with E-state index in [0.29, 0.717) is 0 Å². The average Bonchev–Trinajstić information content (AvgIpc) is 2.48. The normalized spacial score (nSPS) is 12.3. The molecule has 20 heavy (non-hydrogen) atoms. The third-order valence-corrected chi connectivity index (χ3v) is 3.39. The summed E-state index contributed by atoms with van der Waals surface area (Å²) in [5, 5.41) is 11.2. The first kappa shape index (κ1) is 14.6. The largest absolute Gasteiger partial charge is 0.310 e. The van der Waals surface area contributed by atoms with E-state index in [1.54, 1.807) is 18.5 Å². The highest BCUT2D eigenvalue weighted by molar-refractivity contribution is 5.29. The molecule has 1 aromatic heterocycles. The topological polar surface area (TPSA) is 37.8 Å². The highest BCUT2D eigenvalue weighted by Gasteiger charge is 2.13. The SMILES string of the molecule is CCCNC(Cc1cc(F)ccc1C)c1ccnnc1. The van der Waals surface area contributed by atoms with Gasteiger partial charge in [0.15, 0.2) is 0 Å². The van der Waals surface area contributed by atoms with Crippen LogP contribution in [-0.4, -0.2) is 16.7 Å². The van der Waals surface area contributed by atoms with Crippen molar-refractivity contribution in [3.8, 4) is 0 Å². The van der Waals surface area contributed by atoms with Crippen LogP contribution in [0, 0.1) is 12.7 Å². The van der Waals surface area contributed by atoms with Crippen molar-refractivity contribution in [2.24, 2.45) is 0 Å². The molecule has 1 heterocycles. The van der Waals surface area contributed by atoms with E-state index in [1.807, 2.05) is 19.1 Å². The van der Waals surface area contributed by atoms with Crippen molar-refractivity contribution >= 4 is 0 Å². The number of nitrogens with zero attached hydrogens (tertiary/aromatic N) is 2. The maximum atomic E-state index is 13.4. The fraction of sp³-hybridized carbons (Fsp3) is 0.375. The van der Waals surface area contributed by atoms with Crippen molar-refractivity contribution in [2.45, 2.75) is 32.7 Å². The highest BCUT2D eigenvalue weighted by atomic mass is 19.1. The third kappa shape index (κ3) is 3.84.